The number of hydrogen-bond acceptors (Lipinski definition) is 4. The molecule has 1 amide bonds. The van der Waals surface area contributed by atoms with Crippen LogP contribution in [0.25, 0.3) is 0 Å². The van der Waals surface area contributed by atoms with Gasteiger partial charge in [0, 0.05) is 27.9 Å². The lowest BCUT2D eigenvalue weighted by molar-refractivity contribution is 0.102. The van der Waals surface area contributed by atoms with Gasteiger partial charge in [-0.15, -0.1) is 12.4 Å². The fourth-order valence-corrected chi connectivity index (χ4v) is 3.11. The van der Waals surface area contributed by atoms with Crippen molar-refractivity contribution in [2.45, 2.75) is 33.9 Å². The lowest BCUT2D eigenvalue weighted by Gasteiger charge is -2.14. The molecule has 0 saturated heterocycles. The monoisotopic (exact) mass is 463 g/mol. The number of carbonyl (C=O) groups excluding carboxylic acids is 1. The first-order chi connectivity index (χ1) is 14.4. The van der Waals surface area contributed by atoms with Gasteiger partial charge < -0.3 is 15.2 Å². The van der Waals surface area contributed by atoms with E-state index in [4.69, 9.17) is 21.4 Å². The highest BCUT2D eigenvalue weighted by Crippen LogP contribution is 2.25. The molecule has 3 rings (SSSR count). The van der Waals surface area contributed by atoms with Gasteiger partial charge in [-0.1, -0.05) is 37.6 Å². The molecule has 1 heterocycles. The maximum atomic E-state index is 12.5. The minimum Gasteiger partial charge on any atom is -0.493 e. The number of aliphatic hydroxyl groups is 1. The Bertz CT molecular complexity index is 1020. The average molecular weight is 464 g/mol. The van der Waals surface area contributed by atoms with Crippen molar-refractivity contribution in [3.63, 3.8) is 0 Å². The number of anilines is 1. The van der Waals surface area contributed by atoms with Crippen molar-refractivity contribution in [1.82, 2.24) is 9.78 Å². The minimum atomic E-state index is -0.257. The number of aliphatic hydroxyl groups excluding tert-OH is 1. The summed E-state index contributed by atoms with van der Waals surface area (Å²) in [6.45, 7) is 7.15. The van der Waals surface area contributed by atoms with Gasteiger partial charge in [0.25, 0.3) is 5.91 Å². The maximum absolute atomic E-state index is 12.5. The van der Waals surface area contributed by atoms with E-state index in [0.717, 1.165) is 22.6 Å². The van der Waals surface area contributed by atoms with E-state index in [-0.39, 0.29) is 24.9 Å². The smallest absolute Gasteiger partial charge is 0.256 e. The molecule has 6 nitrogen and oxygen atoms in total. The van der Waals surface area contributed by atoms with E-state index in [1.165, 1.54) is 0 Å². The fourth-order valence-electron chi connectivity index (χ4n) is 2.91. The molecule has 0 saturated carbocycles. The molecule has 0 aliphatic rings. The minimum absolute atomic E-state index is 0. The average Bonchev–Trinajstić information content (AvgIpc) is 3.06. The lowest BCUT2D eigenvalue weighted by Crippen LogP contribution is -2.13. The molecule has 0 fully saturated rings. The third kappa shape index (κ3) is 6.72. The first-order valence-corrected chi connectivity index (χ1v) is 10.2. The van der Waals surface area contributed by atoms with Crippen LogP contribution < -0.4 is 10.1 Å². The normalized spacial score (nSPS) is 10.6. The first kappa shape index (κ1) is 24.7. The van der Waals surface area contributed by atoms with Gasteiger partial charge in [-0.05, 0) is 48.7 Å². The molecule has 0 spiro atoms. The second-order valence-electron chi connectivity index (χ2n) is 7.59. The van der Waals surface area contributed by atoms with E-state index < -0.39 is 0 Å². The Hall–Kier alpha value is -2.54. The van der Waals surface area contributed by atoms with E-state index >= 15 is 0 Å². The molecule has 2 N–H and O–H groups in total. The van der Waals surface area contributed by atoms with Crippen LogP contribution in [-0.4, -0.2) is 27.4 Å². The predicted molar refractivity (Wildman–Crippen MR) is 125 cm³/mol. The Morgan fingerprint density at radius 3 is 2.55 bits per heavy atom. The molecule has 0 atom stereocenters. The van der Waals surface area contributed by atoms with Crippen LogP contribution in [0.5, 0.6) is 5.75 Å². The van der Waals surface area contributed by atoms with E-state index in [0.29, 0.717) is 35.5 Å². The summed E-state index contributed by atoms with van der Waals surface area (Å²) in [5.41, 5.74) is 3.07. The lowest BCUT2D eigenvalue weighted by atomic mass is 10.1. The Morgan fingerprint density at radius 1 is 1.19 bits per heavy atom. The molecule has 0 aliphatic heterocycles. The van der Waals surface area contributed by atoms with Crippen LogP contribution in [0.2, 0.25) is 5.02 Å². The van der Waals surface area contributed by atoms with Gasteiger partial charge in [0.1, 0.15) is 5.75 Å². The number of amides is 1. The highest BCUT2D eigenvalue weighted by molar-refractivity contribution is 6.30. The Morgan fingerprint density at radius 2 is 1.90 bits per heavy atom. The number of benzene rings is 2. The molecule has 0 aliphatic carbocycles. The number of halogens is 2. The number of carbonyl (C=O) groups is 1. The van der Waals surface area contributed by atoms with Crippen molar-refractivity contribution in [2.75, 3.05) is 11.9 Å². The molecule has 166 valence electrons. The van der Waals surface area contributed by atoms with Crippen molar-refractivity contribution in [2.24, 2.45) is 5.92 Å². The zero-order chi connectivity index (χ0) is 21.7. The van der Waals surface area contributed by atoms with Gasteiger partial charge in [-0.2, -0.15) is 5.10 Å². The topological polar surface area (TPSA) is 76.4 Å². The number of nitrogens with one attached hydrogen (secondary N) is 1. The highest BCUT2D eigenvalue weighted by atomic mass is 35.5. The molecule has 31 heavy (non-hydrogen) atoms. The second-order valence-corrected chi connectivity index (χ2v) is 8.03. The van der Waals surface area contributed by atoms with E-state index in [1.807, 2.05) is 31.2 Å². The molecule has 8 heteroatoms. The summed E-state index contributed by atoms with van der Waals surface area (Å²) in [5.74, 6) is 1.40. The van der Waals surface area contributed by atoms with Gasteiger partial charge in [0.15, 0.2) is 5.82 Å². The van der Waals surface area contributed by atoms with Gasteiger partial charge in [-0.3, -0.25) is 9.48 Å². The van der Waals surface area contributed by atoms with Crippen molar-refractivity contribution in [3.8, 4) is 5.75 Å². The summed E-state index contributed by atoms with van der Waals surface area (Å²) in [5, 5.41) is 17.1. The number of aryl methyl sites for hydroxylation is 1. The quantitative estimate of drug-likeness (QED) is 0.487. The molecule has 1 aromatic heterocycles. The van der Waals surface area contributed by atoms with Crippen LogP contribution in [0.15, 0.2) is 48.5 Å². The standard InChI is InChI=1S/C23H26ClN3O3.ClH/c1-15(2)14-30-21-9-8-20(24)11-19(21)12-27-16(3)10-22(26-27)25-23(29)18-6-4-17(13-28)5-7-18;/h4-11,15,28H,12-14H2,1-3H3,(H,25,26,29);1H. The SMILES string of the molecule is Cc1cc(NC(=O)c2ccc(CO)cc2)nn1Cc1cc(Cl)ccc1OCC(C)C.Cl. The third-order valence-electron chi connectivity index (χ3n) is 4.54. The van der Waals surface area contributed by atoms with Crippen molar-refractivity contribution < 1.29 is 14.6 Å². The third-order valence-corrected chi connectivity index (χ3v) is 4.77. The molecular formula is C23H27Cl2N3O3. The number of hydrogen-bond donors (Lipinski definition) is 2. The summed E-state index contributed by atoms with van der Waals surface area (Å²) in [6, 6.07) is 14.2. The molecule has 2 aromatic carbocycles. The van der Waals surface area contributed by atoms with Crippen molar-refractivity contribution in [3.05, 3.63) is 75.9 Å². The van der Waals surface area contributed by atoms with Gasteiger partial charge in [0.2, 0.25) is 0 Å². The van der Waals surface area contributed by atoms with E-state index in [1.54, 1.807) is 28.9 Å². The van der Waals surface area contributed by atoms with Crippen LogP contribution in [0.1, 0.15) is 41.0 Å². The second kappa shape index (κ2) is 11.2. The van der Waals surface area contributed by atoms with Crippen LogP contribution in [0.4, 0.5) is 5.82 Å². The molecule has 0 radical (unpaired) electrons. The van der Waals surface area contributed by atoms with Crippen LogP contribution in [0.3, 0.4) is 0 Å². The first-order valence-electron chi connectivity index (χ1n) is 9.82. The Labute approximate surface area is 193 Å². The number of nitrogens with zero attached hydrogens (tertiary/aromatic N) is 2. The summed E-state index contributed by atoms with van der Waals surface area (Å²) >= 11 is 6.19. The van der Waals surface area contributed by atoms with Crippen LogP contribution >= 0.6 is 24.0 Å². The van der Waals surface area contributed by atoms with Gasteiger partial charge in [-0.25, -0.2) is 0 Å². The summed E-state index contributed by atoms with van der Waals surface area (Å²) in [7, 11) is 0. The van der Waals surface area contributed by atoms with E-state index in [2.05, 4.69) is 24.3 Å². The number of aromatic nitrogens is 2. The highest BCUT2D eigenvalue weighted by Gasteiger charge is 2.13. The van der Waals surface area contributed by atoms with Gasteiger partial charge in [0.05, 0.1) is 19.8 Å². The van der Waals surface area contributed by atoms with Gasteiger partial charge >= 0.3 is 0 Å². The van der Waals surface area contributed by atoms with Crippen molar-refractivity contribution >= 4 is 35.7 Å². The number of ether oxygens (including phenoxy) is 1. The Balaban J connectivity index is 0.00000341. The molecular weight excluding hydrogens is 437 g/mol. The molecule has 0 unspecified atom stereocenters. The molecule has 0 bridgehead atoms. The van der Waals surface area contributed by atoms with Crippen LogP contribution in [0, 0.1) is 12.8 Å². The zero-order valence-electron chi connectivity index (χ0n) is 17.8. The Kier molecular flexibility index (Phi) is 8.92. The van der Waals surface area contributed by atoms with E-state index in [9.17, 15) is 4.79 Å². The fraction of sp³-hybridized carbons (Fsp3) is 0.304. The number of rotatable bonds is 8. The summed E-state index contributed by atoms with van der Waals surface area (Å²) < 4.78 is 7.73. The zero-order valence-corrected chi connectivity index (χ0v) is 19.3. The van der Waals surface area contributed by atoms with Crippen LogP contribution in [-0.2, 0) is 13.2 Å². The predicted octanol–water partition coefficient (Wildman–Crippen LogP) is 5.09. The van der Waals surface area contributed by atoms with Crippen molar-refractivity contribution in [1.29, 1.82) is 0 Å². The largest absolute Gasteiger partial charge is 0.493 e. The summed E-state index contributed by atoms with van der Waals surface area (Å²) in [6.07, 6.45) is 0. The summed E-state index contributed by atoms with van der Waals surface area (Å²) in [4.78, 5) is 12.5. The molecule has 3 aromatic rings. The maximum Gasteiger partial charge on any atom is 0.256 e.